The Bertz CT molecular complexity index is 510. The second kappa shape index (κ2) is 5.38. The fraction of sp³-hybridized carbons (Fsp3) is 0.273. The summed E-state index contributed by atoms with van der Waals surface area (Å²) in [5.41, 5.74) is 0.907. The van der Waals surface area contributed by atoms with Crippen molar-refractivity contribution in [3.8, 4) is 0 Å². The monoisotopic (exact) mass is 270 g/mol. The average molecular weight is 271 g/mol. The van der Waals surface area contributed by atoms with Crippen molar-refractivity contribution in [3.05, 3.63) is 40.4 Å². The van der Waals surface area contributed by atoms with Gasteiger partial charge in [-0.3, -0.25) is 0 Å². The largest absolute Gasteiger partial charge is 0.378 e. The van der Waals surface area contributed by atoms with Crippen LogP contribution in [0.1, 0.15) is 12.7 Å². The lowest BCUT2D eigenvalue weighted by molar-refractivity contribution is 0.622. The van der Waals surface area contributed by atoms with Crippen molar-refractivity contribution in [3.63, 3.8) is 0 Å². The Balaban J connectivity index is 2.05. The van der Waals surface area contributed by atoms with Crippen LogP contribution >= 0.6 is 23.2 Å². The second-order valence-corrected chi connectivity index (χ2v) is 4.29. The van der Waals surface area contributed by atoms with Crippen LogP contribution in [0.4, 0.5) is 5.69 Å². The van der Waals surface area contributed by atoms with Gasteiger partial charge in [0.2, 0.25) is 0 Å². The minimum atomic E-state index is 0.536. The van der Waals surface area contributed by atoms with Crippen LogP contribution in [-0.2, 0) is 13.1 Å². The van der Waals surface area contributed by atoms with E-state index in [0.29, 0.717) is 16.6 Å². The Hall–Kier alpha value is -1.26. The molecule has 0 fully saturated rings. The molecule has 6 heteroatoms. The van der Waals surface area contributed by atoms with Crippen LogP contribution in [0.25, 0.3) is 0 Å². The third-order valence-corrected chi connectivity index (χ3v) is 3.10. The Morgan fingerprint density at radius 2 is 2.12 bits per heavy atom. The van der Waals surface area contributed by atoms with Gasteiger partial charge in [-0.1, -0.05) is 23.2 Å². The predicted molar refractivity (Wildman–Crippen MR) is 69.5 cm³/mol. The molecule has 0 radical (unpaired) electrons. The van der Waals surface area contributed by atoms with Gasteiger partial charge in [0.25, 0.3) is 0 Å². The van der Waals surface area contributed by atoms with Crippen LogP contribution in [0.5, 0.6) is 0 Å². The van der Waals surface area contributed by atoms with E-state index >= 15 is 0 Å². The van der Waals surface area contributed by atoms with Crippen molar-refractivity contribution < 1.29 is 0 Å². The molecule has 90 valence electrons. The number of hydrogen-bond donors (Lipinski definition) is 1. The number of aromatic nitrogens is 3. The Labute approximate surface area is 110 Å². The first kappa shape index (κ1) is 12.2. The molecule has 2 aromatic rings. The van der Waals surface area contributed by atoms with Crippen LogP contribution in [0.15, 0.2) is 24.5 Å². The van der Waals surface area contributed by atoms with Crippen LogP contribution in [0.3, 0.4) is 0 Å². The lowest BCUT2D eigenvalue weighted by Crippen LogP contribution is -2.08. The smallest absolute Gasteiger partial charge is 0.146 e. The van der Waals surface area contributed by atoms with Gasteiger partial charge in [-0.25, -0.2) is 9.67 Å². The van der Waals surface area contributed by atoms with Crippen LogP contribution in [-0.4, -0.2) is 14.8 Å². The lowest BCUT2D eigenvalue weighted by atomic mass is 10.3. The number of nitrogens with one attached hydrogen (secondary N) is 1. The molecule has 0 aliphatic carbocycles. The van der Waals surface area contributed by atoms with E-state index in [1.807, 2.05) is 17.7 Å². The van der Waals surface area contributed by atoms with Crippen LogP contribution < -0.4 is 5.32 Å². The fourth-order valence-electron chi connectivity index (χ4n) is 1.48. The van der Waals surface area contributed by atoms with Crippen molar-refractivity contribution >= 4 is 28.9 Å². The van der Waals surface area contributed by atoms with Crippen molar-refractivity contribution in [1.29, 1.82) is 0 Å². The Kier molecular flexibility index (Phi) is 3.86. The molecule has 1 N–H and O–H groups in total. The van der Waals surface area contributed by atoms with Crippen molar-refractivity contribution in [2.75, 3.05) is 5.32 Å². The average Bonchev–Trinajstić information content (AvgIpc) is 2.78. The summed E-state index contributed by atoms with van der Waals surface area (Å²) in [6, 6.07) is 5.42. The van der Waals surface area contributed by atoms with Gasteiger partial charge >= 0.3 is 0 Å². The molecule has 0 spiro atoms. The molecular formula is C11H12Cl2N4. The van der Waals surface area contributed by atoms with Gasteiger partial charge in [0.1, 0.15) is 12.2 Å². The minimum Gasteiger partial charge on any atom is -0.378 e. The van der Waals surface area contributed by atoms with Crippen molar-refractivity contribution in [2.45, 2.75) is 20.0 Å². The molecule has 0 saturated carbocycles. The maximum absolute atomic E-state index is 5.93. The van der Waals surface area contributed by atoms with Crippen LogP contribution in [0, 0.1) is 0 Å². The van der Waals surface area contributed by atoms with Gasteiger partial charge in [0.15, 0.2) is 0 Å². The molecular weight excluding hydrogens is 259 g/mol. The second-order valence-electron chi connectivity index (χ2n) is 3.47. The van der Waals surface area contributed by atoms with Crippen molar-refractivity contribution in [1.82, 2.24) is 14.8 Å². The number of hydrogen-bond acceptors (Lipinski definition) is 3. The van der Waals surface area contributed by atoms with Gasteiger partial charge in [-0.15, -0.1) is 0 Å². The lowest BCUT2D eigenvalue weighted by Gasteiger charge is -2.07. The number of anilines is 1. The van der Waals surface area contributed by atoms with Gasteiger partial charge in [0, 0.05) is 12.2 Å². The van der Waals surface area contributed by atoms with Crippen molar-refractivity contribution in [2.24, 2.45) is 0 Å². The zero-order valence-corrected chi connectivity index (χ0v) is 10.8. The summed E-state index contributed by atoms with van der Waals surface area (Å²) in [6.45, 7) is 3.43. The van der Waals surface area contributed by atoms with E-state index in [9.17, 15) is 0 Å². The van der Waals surface area contributed by atoms with Gasteiger partial charge in [-0.05, 0) is 25.1 Å². The number of aryl methyl sites for hydroxylation is 1. The summed E-state index contributed by atoms with van der Waals surface area (Å²) < 4.78 is 1.84. The summed E-state index contributed by atoms with van der Waals surface area (Å²) >= 11 is 11.8. The molecule has 0 amide bonds. The first-order valence-electron chi connectivity index (χ1n) is 5.26. The minimum absolute atomic E-state index is 0.536. The molecule has 0 bridgehead atoms. The molecule has 0 atom stereocenters. The SMILES string of the molecule is CCn1ncnc1CNc1ccc(Cl)c(Cl)c1. The molecule has 0 aliphatic heterocycles. The number of rotatable bonds is 4. The van der Waals surface area contributed by atoms with Gasteiger partial charge in [-0.2, -0.15) is 5.10 Å². The zero-order chi connectivity index (χ0) is 12.3. The first-order chi connectivity index (χ1) is 8.20. The maximum Gasteiger partial charge on any atom is 0.146 e. The van der Waals surface area contributed by atoms with E-state index in [0.717, 1.165) is 18.1 Å². The Morgan fingerprint density at radius 1 is 1.29 bits per heavy atom. The normalized spacial score (nSPS) is 10.5. The number of nitrogens with zero attached hydrogens (tertiary/aromatic N) is 3. The number of halogens is 2. The van der Waals surface area contributed by atoms with E-state index in [1.165, 1.54) is 0 Å². The maximum atomic E-state index is 5.93. The topological polar surface area (TPSA) is 42.7 Å². The fourth-order valence-corrected chi connectivity index (χ4v) is 1.77. The van der Waals surface area contributed by atoms with E-state index < -0.39 is 0 Å². The van der Waals surface area contributed by atoms with E-state index in [1.54, 1.807) is 18.5 Å². The summed E-state index contributed by atoms with van der Waals surface area (Å²) in [7, 11) is 0. The highest BCUT2D eigenvalue weighted by Gasteiger charge is 2.03. The molecule has 4 nitrogen and oxygen atoms in total. The third kappa shape index (κ3) is 2.90. The van der Waals surface area contributed by atoms with Gasteiger partial charge in [0.05, 0.1) is 16.6 Å². The summed E-state index contributed by atoms with van der Waals surface area (Å²) in [4.78, 5) is 4.17. The molecule has 1 aromatic heterocycles. The van der Waals surface area contributed by atoms with E-state index in [-0.39, 0.29) is 0 Å². The predicted octanol–water partition coefficient (Wildman–Crippen LogP) is 3.22. The highest BCUT2D eigenvalue weighted by molar-refractivity contribution is 6.42. The zero-order valence-electron chi connectivity index (χ0n) is 9.32. The summed E-state index contributed by atoms with van der Waals surface area (Å²) in [6.07, 6.45) is 1.55. The molecule has 0 saturated heterocycles. The van der Waals surface area contributed by atoms with E-state index in [2.05, 4.69) is 15.4 Å². The number of benzene rings is 1. The molecule has 17 heavy (non-hydrogen) atoms. The molecule has 1 heterocycles. The van der Waals surface area contributed by atoms with Crippen LogP contribution in [0.2, 0.25) is 10.0 Å². The molecule has 2 rings (SSSR count). The molecule has 1 aromatic carbocycles. The first-order valence-corrected chi connectivity index (χ1v) is 6.02. The molecule has 0 aliphatic rings. The van der Waals surface area contributed by atoms with E-state index in [4.69, 9.17) is 23.2 Å². The van der Waals surface area contributed by atoms with Gasteiger partial charge < -0.3 is 5.32 Å². The Morgan fingerprint density at radius 3 is 2.82 bits per heavy atom. The summed E-state index contributed by atoms with van der Waals surface area (Å²) in [5, 5.41) is 8.41. The third-order valence-electron chi connectivity index (χ3n) is 2.37. The molecule has 0 unspecified atom stereocenters. The quantitative estimate of drug-likeness (QED) is 0.928. The highest BCUT2D eigenvalue weighted by Crippen LogP contribution is 2.25. The standard InChI is InChI=1S/C11H12Cl2N4/c1-2-17-11(15-7-16-17)6-14-8-3-4-9(12)10(13)5-8/h3-5,7,14H,2,6H2,1H3. The summed E-state index contributed by atoms with van der Waals surface area (Å²) in [5.74, 6) is 0.888. The highest BCUT2D eigenvalue weighted by atomic mass is 35.5.